The summed E-state index contributed by atoms with van der Waals surface area (Å²) in [7, 11) is 1.44. The molecular formula is C16H20N2O6. The molecule has 0 bridgehead atoms. The van der Waals surface area contributed by atoms with Gasteiger partial charge in [-0.15, -0.1) is 0 Å². The molecule has 2 aliphatic heterocycles. The van der Waals surface area contributed by atoms with Crippen molar-refractivity contribution in [3.05, 3.63) is 22.6 Å². The number of allylic oxidation sites excluding steroid dienone is 2. The summed E-state index contributed by atoms with van der Waals surface area (Å²) in [5.41, 5.74) is 4.01. The minimum atomic E-state index is -1.20. The predicted octanol–water partition coefficient (Wildman–Crippen LogP) is 0.632. The average molecular weight is 336 g/mol. The Bertz CT molecular complexity index is 724. The number of aliphatic hydroxyl groups excluding tert-OH is 1. The lowest BCUT2D eigenvalue weighted by atomic mass is 9.83. The fraction of sp³-hybridized carbons (Fsp3) is 0.562. The summed E-state index contributed by atoms with van der Waals surface area (Å²) < 4.78 is 10.9. The quantitative estimate of drug-likeness (QED) is 0.710. The van der Waals surface area contributed by atoms with E-state index >= 15 is 0 Å². The van der Waals surface area contributed by atoms with Gasteiger partial charge in [0.25, 0.3) is 0 Å². The third-order valence-corrected chi connectivity index (χ3v) is 5.49. The zero-order valence-corrected chi connectivity index (χ0v) is 14.0. The van der Waals surface area contributed by atoms with Gasteiger partial charge in [0, 0.05) is 25.1 Å². The number of Topliss-reactive ketones (excluding diaryl/α,β-unsaturated/α-hetero) is 2. The van der Waals surface area contributed by atoms with Gasteiger partial charge < -0.3 is 25.2 Å². The number of primary amides is 1. The molecule has 8 heteroatoms. The number of ether oxygens (including phenoxy) is 2. The van der Waals surface area contributed by atoms with Crippen molar-refractivity contribution in [2.24, 2.45) is 17.6 Å². The maximum atomic E-state index is 12.7. The monoisotopic (exact) mass is 336 g/mol. The summed E-state index contributed by atoms with van der Waals surface area (Å²) in [6.45, 7) is 5.73. The van der Waals surface area contributed by atoms with Gasteiger partial charge in [0.15, 0.2) is 17.6 Å². The van der Waals surface area contributed by atoms with Crippen LogP contribution in [0.15, 0.2) is 22.6 Å². The van der Waals surface area contributed by atoms with Crippen LogP contribution in [-0.2, 0) is 19.1 Å². The Morgan fingerprint density at radius 2 is 1.96 bits per heavy atom. The first kappa shape index (κ1) is 16.5. The Morgan fingerprint density at radius 3 is 2.50 bits per heavy atom. The van der Waals surface area contributed by atoms with Crippen molar-refractivity contribution >= 4 is 17.7 Å². The van der Waals surface area contributed by atoms with Crippen LogP contribution in [0.25, 0.3) is 0 Å². The number of hydrogen-bond acceptors (Lipinski definition) is 7. The Kier molecular flexibility index (Phi) is 3.49. The number of carbonyl (C=O) groups is 3. The van der Waals surface area contributed by atoms with Gasteiger partial charge in [-0.1, -0.05) is 13.8 Å². The summed E-state index contributed by atoms with van der Waals surface area (Å²) in [6, 6.07) is 0. The predicted molar refractivity (Wildman–Crippen MR) is 81.6 cm³/mol. The lowest BCUT2D eigenvalue weighted by Crippen LogP contribution is -2.55. The van der Waals surface area contributed by atoms with Crippen LogP contribution in [0.5, 0.6) is 0 Å². The molecule has 1 saturated heterocycles. The van der Waals surface area contributed by atoms with Gasteiger partial charge in [-0.3, -0.25) is 9.59 Å². The van der Waals surface area contributed by atoms with Crippen molar-refractivity contribution in [3.63, 3.8) is 0 Å². The molecule has 0 aromatic carbocycles. The molecule has 0 unspecified atom stereocenters. The van der Waals surface area contributed by atoms with Gasteiger partial charge in [0.1, 0.15) is 0 Å². The number of nitrogens with two attached hydrogens (primary N) is 1. The van der Waals surface area contributed by atoms with Crippen LogP contribution >= 0.6 is 0 Å². The van der Waals surface area contributed by atoms with Gasteiger partial charge in [-0.2, -0.15) is 0 Å². The zero-order valence-electron chi connectivity index (χ0n) is 14.0. The third-order valence-electron chi connectivity index (χ3n) is 5.49. The van der Waals surface area contributed by atoms with Gasteiger partial charge in [0.2, 0.25) is 11.6 Å². The molecule has 0 saturated carbocycles. The van der Waals surface area contributed by atoms with Crippen LogP contribution in [0.2, 0.25) is 0 Å². The van der Waals surface area contributed by atoms with Crippen molar-refractivity contribution in [1.82, 2.24) is 4.90 Å². The van der Waals surface area contributed by atoms with Gasteiger partial charge in [0.05, 0.1) is 11.3 Å². The lowest BCUT2D eigenvalue weighted by Gasteiger charge is -2.40. The van der Waals surface area contributed by atoms with Gasteiger partial charge >= 0.3 is 6.09 Å². The highest BCUT2D eigenvalue weighted by atomic mass is 16.6. The third kappa shape index (κ3) is 1.74. The molecular weight excluding hydrogens is 316 g/mol. The molecule has 0 aromatic heterocycles. The first-order valence-corrected chi connectivity index (χ1v) is 7.70. The zero-order chi connectivity index (χ0) is 18.0. The minimum Gasteiger partial charge on any atom is -0.504 e. The van der Waals surface area contributed by atoms with E-state index in [1.807, 2.05) is 13.8 Å². The van der Waals surface area contributed by atoms with E-state index < -0.39 is 35.2 Å². The summed E-state index contributed by atoms with van der Waals surface area (Å²) in [6.07, 6.45) is -2.26. The van der Waals surface area contributed by atoms with E-state index in [0.29, 0.717) is 6.54 Å². The maximum absolute atomic E-state index is 12.7. The Morgan fingerprint density at radius 1 is 1.33 bits per heavy atom. The molecule has 0 radical (unpaired) electrons. The van der Waals surface area contributed by atoms with Crippen molar-refractivity contribution in [2.75, 3.05) is 13.7 Å². The van der Waals surface area contributed by atoms with Crippen LogP contribution < -0.4 is 5.73 Å². The second kappa shape index (κ2) is 5.07. The second-order valence-electron chi connectivity index (χ2n) is 6.54. The first-order chi connectivity index (χ1) is 11.2. The Balaban J connectivity index is 2.24. The molecule has 24 heavy (non-hydrogen) atoms. The lowest BCUT2D eigenvalue weighted by molar-refractivity contribution is -0.168. The summed E-state index contributed by atoms with van der Waals surface area (Å²) in [5, 5.41) is 10.00. The molecule has 3 N–H and O–H groups in total. The highest BCUT2D eigenvalue weighted by Gasteiger charge is 2.67. The molecule has 1 fully saturated rings. The summed E-state index contributed by atoms with van der Waals surface area (Å²) in [5.74, 6) is -1.87. The molecule has 2 heterocycles. The summed E-state index contributed by atoms with van der Waals surface area (Å²) >= 11 is 0. The molecule has 1 amide bonds. The standard InChI is InChI=1S/C16H20N2O6/c1-6-5-18-10-9(13(21)12(20)7(2)11(10)19)14(24-15(17)22)16(18,23-4)8(6)3/h6,8,14,20H,5H2,1-4H3,(H2,17,22)/t6-,8-,14+,16-/m0/s1. The van der Waals surface area contributed by atoms with Crippen LogP contribution in [0.4, 0.5) is 4.79 Å². The van der Waals surface area contributed by atoms with Crippen molar-refractivity contribution in [2.45, 2.75) is 32.6 Å². The largest absolute Gasteiger partial charge is 0.504 e. The van der Waals surface area contributed by atoms with Gasteiger partial charge in [-0.05, 0) is 12.8 Å². The average Bonchev–Trinajstić information content (AvgIpc) is 2.94. The Labute approximate surface area is 138 Å². The number of rotatable bonds is 2. The topological polar surface area (TPSA) is 119 Å². The van der Waals surface area contributed by atoms with E-state index in [2.05, 4.69) is 0 Å². The second-order valence-corrected chi connectivity index (χ2v) is 6.54. The van der Waals surface area contributed by atoms with Crippen molar-refractivity contribution in [1.29, 1.82) is 0 Å². The number of ketones is 2. The van der Waals surface area contributed by atoms with E-state index in [1.165, 1.54) is 14.0 Å². The maximum Gasteiger partial charge on any atom is 0.405 e. The van der Waals surface area contributed by atoms with Crippen LogP contribution in [0.3, 0.4) is 0 Å². The van der Waals surface area contributed by atoms with Gasteiger partial charge in [-0.25, -0.2) is 4.79 Å². The number of amides is 1. The molecule has 4 atom stereocenters. The fourth-order valence-corrected chi connectivity index (χ4v) is 4.08. The van der Waals surface area contributed by atoms with Crippen LogP contribution in [-0.4, -0.2) is 53.1 Å². The number of fused-ring (bicyclic) bond motifs is 2. The number of aliphatic hydroxyl groups is 1. The summed E-state index contributed by atoms with van der Waals surface area (Å²) in [4.78, 5) is 38.4. The van der Waals surface area contributed by atoms with Crippen LogP contribution in [0.1, 0.15) is 20.8 Å². The molecule has 130 valence electrons. The number of carbonyl (C=O) groups excluding carboxylic acids is 3. The van der Waals surface area contributed by atoms with Crippen LogP contribution in [0, 0.1) is 11.8 Å². The number of nitrogens with zero attached hydrogens (tertiary/aromatic N) is 1. The fourth-order valence-electron chi connectivity index (χ4n) is 4.08. The smallest absolute Gasteiger partial charge is 0.405 e. The molecule has 3 rings (SSSR count). The van der Waals surface area contributed by atoms with Crippen molar-refractivity contribution in [3.8, 4) is 0 Å². The van der Waals surface area contributed by atoms with E-state index in [1.54, 1.807) is 4.90 Å². The van der Waals surface area contributed by atoms with E-state index in [0.717, 1.165) is 0 Å². The van der Waals surface area contributed by atoms with Crippen molar-refractivity contribution < 1.29 is 29.0 Å². The van der Waals surface area contributed by atoms with E-state index in [4.69, 9.17) is 15.2 Å². The van der Waals surface area contributed by atoms with E-state index in [-0.39, 0.29) is 28.7 Å². The number of hydrogen-bond donors (Lipinski definition) is 2. The molecule has 8 nitrogen and oxygen atoms in total. The first-order valence-electron chi connectivity index (χ1n) is 7.70. The van der Waals surface area contributed by atoms with E-state index in [9.17, 15) is 19.5 Å². The highest BCUT2D eigenvalue weighted by Crippen LogP contribution is 2.53. The SMILES string of the molecule is CO[C@@]12[C@H](OC(N)=O)C3=C(C(=O)C(C)=C(O)C3=O)N1C[C@H](C)[C@@H]2C. The minimum absolute atomic E-state index is 0.0318. The molecule has 0 spiro atoms. The molecule has 3 aliphatic rings. The normalized spacial score (nSPS) is 35.5. The molecule has 1 aliphatic carbocycles. The Hall–Kier alpha value is -2.35. The highest BCUT2D eigenvalue weighted by molar-refractivity contribution is 6.25. The molecule has 0 aromatic rings. The number of methoxy groups -OCH3 is 1.